The van der Waals surface area contributed by atoms with E-state index in [1.54, 1.807) is 13.2 Å². The number of hydrogen-bond acceptors (Lipinski definition) is 5. The van der Waals surface area contributed by atoms with Crippen LogP contribution in [0.5, 0.6) is 5.75 Å². The number of aliphatic hydroxyl groups is 1. The molecule has 2 rings (SSSR count). The summed E-state index contributed by atoms with van der Waals surface area (Å²) < 4.78 is 5.08. The van der Waals surface area contributed by atoms with Crippen molar-refractivity contribution in [2.45, 2.75) is 16.4 Å². The number of hydrogen-bond donors (Lipinski definition) is 1. The minimum absolute atomic E-state index is 0.0202. The van der Waals surface area contributed by atoms with Crippen LogP contribution in [0.25, 0.3) is 0 Å². The average molecular weight is 291 g/mol. The number of nitrogens with zero attached hydrogens (tertiary/aromatic N) is 1. The molecule has 20 heavy (non-hydrogen) atoms. The van der Waals surface area contributed by atoms with Crippen LogP contribution >= 0.6 is 11.8 Å². The number of benzene rings is 2. The molecule has 5 nitrogen and oxygen atoms in total. The lowest BCUT2D eigenvalue weighted by Gasteiger charge is -2.07. The van der Waals surface area contributed by atoms with E-state index in [0.29, 0.717) is 5.56 Å². The summed E-state index contributed by atoms with van der Waals surface area (Å²) in [5.41, 5.74) is 0.521. The Morgan fingerprint density at radius 1 is 1.25 bits per heavy atom. The highest BCUT2D eigenvalue weighted by atomic mass is 32.2. The second-order valence-electron chi connectivity index (χ2n) is 3.98. The van der Waals surface area contributed by atoms with Gasteiger partial charge >= 0.3 is 0 Å². The summed E-state index contributed by atoms with van der Waals surface area (Å²) in [5, 5.41) is 20.0. The Labute approximate surface area is 120 Å². The molecule has 0 aromatic heterocycles. The minimum Gasteiger partial charge on any atom is -0.497 e. The molecule has 2 aromatic rings. The highest BCUT2D eigenvalue weighted by Crippen LogP contribution is 2.33. The van der Waals surface area contributed by atoms with Crippen molar-refractivity contribution in [2.24, 2.45) is 0 Å². The van der Waals surface area contributed by atoms with E-state index in [9.17, 15) is 15.2 Å². The van der Waals surface area contributed by atoms with Crippen LogP contribution in [-0.4, -0.2) is 17.1 Å². The predicted octanol–water partition coefficient (Wildman–Crippen LogP) is 3.25. The zero-order valence-corrected chi connectivity index (χ0v) is 11.6. The molecule has 0 radical (unpaired) electrons. The van der Waals surface area contributed by atoms with Gasteiger partial charge in [0.1, 0.15) is 5.75 Å². The summed E-state index contributed by atoms with van der Waals surface area (Å²) in [6.45, 7) is -0.236. The van der Waals surface area contributed by atoms with Gasteiger partial charge in [0.15, 0.2) is 0 Å². The molecule has 0 bridgehead atoms. The highest BCUT2D eigenvalue weighted by molar-refractivity contribution is 7.99. The van der Waals surface area contributed by atoms with Gasteiger partial charge in [-0.2, -0.15) is 0 Å². The zero-order valence-electron chi connectivity index (χ0n) is 10.8. The van der Waals surface area contributed by atoms with Gasteiger partial charge in [-0.3, -0.25) is 10.1 Å². The van der Waals surface area contributed by atoms with Gasteiger partial charge in [-0.05, 0) is 35.9 Å². The third kappa shape index (κ3) is 3.28. The van der Waals surface area contributed by atoms with E-state index in [0.717, 1.165) is 15.5 Å². The molecule has 6 heteroatoms. The second-order valence-corrected chi connectivity index (χ2v) is 5.10. The Morgan fingerprint density at radius 3 is 2.50 bits per heavy atom. The normalized spacial score (nSPS) is 10.3. The quantitative estimate of drug-likeness (QED) is 0.676. The highest BCUT2D eigenvalue weighted by Gasteiger charge is 2.11. The molecule has 0 amide bonds. The van der Waals surface area contributed by atoms with Crippen molar-refractivity contribution in [3.05, 3.63) is 58.1 Å². The summed E-state index contributed by atoms with van der Waals surface area (Å²) in [5.74, 6) is 0.764. The Morgan fingerprint density at radius 2 is 1.95 bits per heavy atom. The standard InChI is InChI=1S/C14H13NO4S/c1-19-12-3-5-13(6-4-12)20-14-7-2-11(15(17)18)8-10(14)9-16/h2-8,16H,9H2,1H3. The lowest BCUT2D eigenvalue weighted by atomic mass is 10.2. The van der Waals surface area contributed by atoms with E-state index in [1.165, 1.54) is 23.9 Å². The maximum atomic E-state index is 10.7. The number of nitro benzene ring substituents is 1. The molecule has 0 unspecified atom stereocenters. The van der Waals surface area contributed by atoms with Gasteiger partial charge in [0.25, 0.3) is 5.69 Å². The van der Waals surface area contributed by atoms with Crippen LogP contribution in [-0.2, 0) is 6.61 Å². The molecule has 0 saturated carbocycles. The number of non-ortho nitro benzene ring substituents is 1. The molecule has 0 saturated heterocycles. The van der Waals surface area contributed by atoms with Crippen molar-refractivity contribution in [1.29, 1.82) is 0 Å². The third-order valence-electron chi connectivity index (χ3n) is 2.71. The Kier molecular flexibility index (Phi) is 4.60. The molecular formula is C14H13NO4S. The fraction of sp³-hybridized carbons (Fsp3) is 0.143. The van der Waals surface area contributed by atoms with Gasteiger partial charge in [0.2, 0.25) is 0 Å². The van der Waals surface area contributed by atoms with Crippen LogP contribution in [0, 0.1) is 10.1 Å². The Balaban J connectivity index is 2.25. The van der Waals surface area contributed by atoms with Gasteiger partial charge in [-0.15, -0.1) is 0 Å². The van der Waals surface area contributed by atoms with E-state index >= 15 is 0 Å². The minimum atomic E-state index is -0.471. The first-order chi connectivity index (χ1) is 9.63. The molecule has 0 fully saturated rings. The van der Waals surface area contributed by atoms with Crippen LogP contribution in [0.3, 0.4) is 0 Å². The molecule has 104 valence electrons. The van der Waals surface area contributed by atoms with Crippen LogP contribution in [0.2, 0.25) is 0 Å². The molecule has 0 aliphatic carbocycles. The van der Waals surface area contributed by atoms with Crippen LogP contribution in [0.4, 0.5) is 5.69 Å². The topological polar surface area (TPSA) is 72.6 Å². The molecule has 0 spiro atoms. The average Bonchev–Trinajstić information content (AvgIpc) is 2.48. The van der Waals surface area contributed by atoms with E-state index in [4.69, 9.17) is 4.74 Å². The fourth-order valence-electron chi connectivity index (χ4n) is 1.67. The summed E-state index contributed by atoms with van der Waals surface area (Å²) in [6, 6.07) is 12.0. The molecule has 1 N–H and O–H groups in total. The smallest absolute Gasteiger partial charge is 0.269 e. The zero-order chi connectivity index (χ0) is 14.5. The first-order valence-corrected chi connectivity index (χ1v) is 6.66. The van der Waals surface area contributed by atoms with Crippen LogP contribution < -0.4 is 4.74 Å². The van der Waals surface area contributed by atoms with Crippen LogP contribution in [0.15, 0.2) is 52.3 Å². The van der Waals surface area contributed by atoms with Crippen molar-refractivity contribution < 1.29 is 14.8 Å². The first-order valence-electron chi connectivity index (χ1n) is 5.84. The van der Waals surface area contributed by atoms with Crippen molar-refractivity contribution in [2.75, 3.05) is 7.11 Å². The molecule has 2 aromatic carbocycles. The number of aliphatic hydroxyl groups excluding tert-OH is 1. The monoisotopic (exact) mass is 291 g/mol. The number of rotatable bonds is 5. The molecule has 0 aliphatic rings. The predicted molar refractivity (Wildman–Crippen MR) is 76.1 cm³/mol. The van der Waals surface area contributed by atoms with Gasteiger partial charge < -0.3 is 9.84 Å². The number of methoxy groups -OCH3 is 1. The summed E-state index contributed by atoms with van der Waals surface area (Å²) >= 11 is 1.44. The lowest BCUT2D eigenvalue weighted by Crippen LogP contribution is -1.93. The van der Waals surface area contributed by atoms with Gasteiger partial charge in [-0.1, -0.05) is 11.8 Å². The van der Waals surface area contributed by atoms with Crippen LogP contribution in [0.1, 0.15) is 5.56 Å². The molecular weight excluding hydrogens is 278 g/mol. The van der Waals surface area contributed by atoms with E-state index in [1.807, 2.05) is 24.3 Å². The number of ether oxygens (including phenoxy) is 1. The molecule has 0 heterocycles. The summed E-state index contributed by atoms with van der Waals surface area (Å²) in [7, 11) is 1.60. The van der Waals surface area contributed by atoms with Gasteiger partial charge in [0.05, 0.1) is 18.6 Å². The maximum Gasteiger partial charge on any atom is 0.269 e. The summed E-state index contributed by atoms with van der Waals surface area (Å²) in [4.78, 5) is 12.0. The van der Waals surface area contributed by atoms with Gasteiger partial charge in [0, 0.05) is 21.9 Å². The van der Waals surface area contributed by atoms with Crippen molar-refractivity contribution in [1.82, 2.24) is 0 Å². The van der Waals surface area contributed by atoms with E-state index in [2.05, 4.69) is 0 Å². The lowest BCUT2D eigenvalue weighted by molar-refractivity contribution is -0.385. The SMILES string of the molecule is COc1ccc(Sc2ccc([N+](=O)[O-])cc2CO)cc1. The second kappa shape index (κ2) is 6.40. The number of nitro groups is 1. The molecule has 0 atom stereocenters. The van der Waals surface area contributed by atoms with Crippen molar-refractivity contribution in [3.63, 3.8) is 0 Å². The van der Waals surface area contributed by atoms with Crippen molar-refractivity contribution in [3.8, 4) is 5.75 Å². The first kappa shape index (κ1) is 14.4. The maximum absolute atomic E-state index is 10.7. The van der Waals surface area contributed by atoms with Crippen molar-refractivity contribution >= 4 is 17.4 Å². The van der Waals surface area contributed by atoms with E-state index in [-0.39, 0.29) is 12.3 Å². The Bertz CT molecular complexity index is 613. The van der Waals surface area contributed by atoms with Gasteiger partial charge in [-0.25, -0.2) is 0 Å². The molecule has 0 aliphatic heterocycles. The third-order valence-corrected chi connectivity index (χ3v) is 3.84. The fourth-order valence-corrected chi connectivity index (χ4v) is 2.59. The Hall–Kier alpha value is -2.05. The summed E-state index contributed by atoms with van der Waals surface area (Å²) in [6.07, 6.45) is 0. The van der Waals surface area contributed by atoms with E-state index < -0.39 is 4.92 Å². The largest absolute Gasteiger partial charge is 0.497 e.